The Morgan fingerprint density at radius 2 is 1.83 bits per heavy atom. The average molecular weight is 173 g/mol. The average Bonchev–Trinajstić information content (AvgIpc) is 2.07. The molecule has 0 aliphatic heterocycles. The highest BCUT2D eigenvalue weighted by Gasteiger charge is 2.13. The molecule has 12 heavy (non-hydrogen) atoms. The van der Waals surface area contributed by atoms with Crippen molar-refractivity contribution in [1.82, 2.24) is 0 Å². The van der Waals surface area contributed by atoms with Gasteiger partial charge in [-0.05, 0) is 12.8 Å². The van der Waals surface area contributed by atoms with Crippen LogP contribution in [0.4, 0.5) is 0 Å². The van der Waals surface area contributed by atoms with Gasteiger partial charge in [-0.15, -0.1) is 0 Å². The minimum Gasteiger partial charge on any atom is -0.354 e. The van der Waals surface area contributed by atoms with E-state index in [0.717, 1.165) is 12.8 Å². The highest BCUT2D eigenvalue weighted by atomic mass is 16.7. The smallest absolute Gasteiger partial charge is 0.172 e. The molecule has 0 saturated heterocycles. The lowest BCUT2D eigenvalue weighted by molar-refractivity contribution is -0.115. The van der Waals surface area contributed by atoms with E-state index in [-0.39, 0.29) is 12.3 Å². The fraction of sp³-hybridized carbons (Fsp3) is 0.778. The second kappa shape index (κ2) is 7.28. The van der Waals surface area contributed by atoms with Crippen molar-refractivity contribution in [2.24, 2.45) is 5.73 Å². The van der Waals surface area contributed by atoms with Gasteiger partial charge in [0.2, 0.25) is 0 Å². The molecule has 72 valence electrons. The quantitative estimate of drug-likeness (QED) is 0.486. The zero-order valence-corrected chi connectivity index (χ0v) is 8.12. The summed E-state index contributed by atoms with van der Waals surface area (Å²) in [5, 5.41) is 0. The summed E-state index contributed by atoms with van der Waals surface area (Å²) in [4.78, 5) is 0. The molecule has 2 N–H and O–H groups in total. The molecule has 0 rings (SSSR count). The Labute approximate surface area is 74.5 Å². The summed E-state index contributed by atoms with van der Waals surface area (Å²) in [6.45, 7) is 2.09. The topological polar surface area (TPSA) is 44.5 Å². The van der Waals surface area contributed by atoms with E-state index in [1.807, 2.05) is 0 Å². The number of hydrogen-bond acceptors (Lipinski definition) is 3. The van der Waals surface area contributed by atoms with Crippen molar-refractivity contribution < 1.29 is 9.47 Å². The van der Waals surface area contributed by atoms with E-state index in [1.54, 1.807) is 14.2 Å². The molecule has 0 heterocycles. The highest BCUT2D eigenvalue weighted by molar-refractivity contribution is 4.85. The largest absolute Gasteiger partial charge is 0.354 e. The minimum atomic E-state index is -0.300. The second-order valence-electron chi connectivity index (χ2n) is 2.62. The molecule has 0 aliphatic carbocycles. The standard InChI is InChI=1S/C9H19NO2/c1-4-5-6-7-8(10)9(11-2)12-3/h5-6,8-9H,4,7,10H2,1-3H3. The highest BCUT2D eigenvalue weighted by Crippen LogP contribution is 2.02. The fourth-order valence-corrected chi connectivity index (χ4v) is 0.977. The SMILES string of the molecule is CCC=CCC(N)C(OC)OC. The van der Waals surface area contributed by atoms with Crippen molar-refractivity contribution in [2.45, 2.75) is 32.1 Å². The van der Waals surface area contributed by atoms with Crippen LogP contribution in [0.3, 0.4) is 0 Å². The molecule has 1 unspecified atom stereocenters. The summed E-state index contributed by atoms with van der Waals surface area (Å²) in [5.74, 6) is 0. The van der Waals surface area contributed by atoms with Gasteiger partial charge in [0.05, 0.1) is 6.04 Å². The first-order valence-electron chi connectivity index (χ1n) is 4.22. The first kappa shape index (κ1) is 11.6. The van der Waals surface area contributed by atoms with E-state index in [1.165, 1.54) is 0 Å². The van der Waals surface area contributed by atoms with Crippen molar-refractivity contribution >= 4 is 0 Å². The summed E-state index contributed by atoms with van der Waals surface area (Å²) in [6, 6.07) is -0.0807. The predicted molar refractivity (Wildman–Crippen MR) is 49.8 cm³/mol. The zero-order valence-electron chi connectivity index (χ0n) is 8.12. The van der Waals surface area contributed by atoms with Gasteiger partial charge in [-0.25, -0.2) is 0 Å². The van der Waals surface area contributed by atoms with Gasteiger partial charge in [-0.2, -0.15) is 0 Å². The Hall–Kier alpha value is -0.380. The monoisotopic (exact) mass is 173 g/mol. The lowest BCUT2D eigenvalue weighted by atomic mass is 10.2. The van der Waals surface area contributed by atoms with Crippen LogP contribution < -0.4 is 5.73 Å². The van der Waals surface area contributed by atoms with Gasteiger partial charge in [-0.3, -0.25) is 0 Å². The molecule has 0 amide bonds. The van der Waals surface area contributed by atoms with E-state index >= 15 is 0 Å². The Balaban J connectivity index is 3.68. The van der Waals surface area contributed by atoms with E-state index in [0.29, 0.717) is 0 Å². The maximum Gasteiger partial charge on any atom is 0.172 e. The first-order chi connectivity index (χ1) is 5.76. The lowest BCUT2D eigenvalue weighted by Crippen LogP contribution is -2.36. The van der Waals surface area contributed by atoms with Gasteiger partial charge in [0, 0.05) is 14.2 Å². The van der Waals surface area contributed by atoms with Crippen molar-refractivity contribution in [1.29, 1.82) is 0 Å². The van der Waals surface area contributed by atoms with Crippen LogP contribution in [0, 0.1) is 0 Å². The maximum absolute atomic E-state index is 5.78. The van der Waals surface area contributed by atoms with Crippen molar-refractivity contribution in [3.05, 3.63) is 12.2 Å². The summed E-state index contributed by atoms with van der Waals surface area (Å²) in [7, 11) is 3.19. The Morgan fingerprint density at radius 1 is 1.25 bits per heavy atom. The second-order valence-corrected chi connectivity index (χ2v) is 2.62. The third kappa shape index (κ3) is 4.49. The van der Waals surface area contributed by atoms with E-state index in [2.05, 4.69) is 19.1 Å². The van der Waals surface area contributed by atoms with Gasteiger partial charge in [0.1, 0.15) is 0 Å². The minimum absolute atomic E-state index is 0.0807. The number of rotatable bonds is 6. The van der Waals surface area contributed by atoms with E-state index < -0.39 is 0 Å². The summed E-state index contributed by atoms with van der Waals surface area (Å²) < 4.78 is 10.0. The Morgan fingerprint density at radius 3 is 2.25 bits per heavy atom. The van der Waals surface area contributed by atoms with Crippen molar-refractivity contribution in [3.8, 4) is 0 Å². The van der Waals surface area contributed by atoms with Crippen LogP contribution in [0.1, 0.15) is 19.8 Å². The number of ether oxygens (including phenoxy) is 2. The number of allylic oxidation sites excluding steroid dienone is 1. The fourth-order valence-electron chi connectivity index (χ4n) is 0.977. The molecule has 0 radical (unpaired) electrons. The van der Waals surface area contributed by atoms with E-state index in [4.69, 9.17) is 15.2 Å². The van der Waals surface area contributed by atoms with Crippen LogP contribution in [0.15, 0.2) is 12.2 Å². The molecular weight excluding hydrogens is 154 g/mol. The van der Waals surface area contributed by atoms with Gasteiger partial charge < -0.3 is 15.2 Å². The van der Waals surface area contributed by atoms with Crippen LogP contribution in [-0.4, -0.2) is 26.6 Å². The molecule has 0 aliphatic rings. The molecule has 0 aromatic heterocycles. The Kier molecular flexibility index (Phi) is 7.05. The van der Waals surface area contributed by atoms with Crippen LogP contribution >= 0.6 is 0 Å². The summed E-state index contributed by atoms with van der Waals surface area (Å²) in [5.41, 5.74) is 5.78. The van der Waals surface area contributed by atoms with Gasteiger partial charge in [0.15, 0.2) is 6.29 Å². The van der Waals surface area contributed by atoms with Crippen LogP contribution in [0.5, 0.6) is 0 Å². The molecule has 0 fully saturated rings. The number of methoxy groups -OCH3 is 2. The van der Waals surface area contributed by atoms with Crippen molar-refractivity contribution in [2.75, 3.05) is 14.2 Å². The maximum atomic E-state index is 5.78. The lowest BCUT2D eigenvalue weighted by Gasteiger charge is -2.19. The van der Waals surface area contributed by atoms with Gasteiger partial charge in [0.25, 0.3) is 0 Å². The van der Waals surface area contributed by atoms with Gasteiger partial charge in [-0.1, -0.05) is 19.1 Å². The van der Waals surface area contributed by atoms with Crippen LogP contribution in [-0.2, 0) is 9.47 Å². The normalized spacial score (nSPS) is 14.4. The number of hydrogen-bond donors (Lipinski definition) is 1. The van der Waals surface area contributed by atoms with Gasteiger partial charge >= 0.3 is 0 Å². The molecular formula is C9H19NO2. The first-order valence-corrected chi connectivity index (χ1v) is 4.22. The molecule has 0 bridgehead atoms. The molecule has 3 nitrogen and oxygen atoms in total. The number of nitrogens with two attached hydrogens (primary N) is 1. The molecule has 0 spiro atoms. The summed E-state index contributed by atoms with van der Waals surface area (Å²) >= 11 is 0. The third-order valence-corrected chi connectivity index (χ3v) is 1.62. The molecule has 3 heteroatoms. The molecule has 1 atom stereocenters. The molecule has 0 saturated carbocycles. The third-order valence-electron chi connectivity index (χ3n) is 1.62. The molecule has 0 aromatic rings. The van der Waals surface area contributed by atoms with E-state index in [9.17, 15) is 0 Å². The summed E-state index contributed by atoms with van der Waals surface area (Å²) in [6.07, 6.45) is 5.67. The van der Waals surface area contributed by atoms with Crippen LogP contribution in [0.2, 0.25) is 0 Å². The van der Waals surface area contributed by atoms with Crippen LogP contribution in [0.25, 0.3) is 0 Å². The Bertz CT molecular complexity index is 122. The van der Waals surface area contributed by atoms with Crippen molar-refractivity contribution in [3.63, 3.8) is 0 Å². The molecule has 0 aromatic carbocycles. The predicted octanol–water partition coefficient (Wildman–Crippen LogP) is 1.29. The zero-order chi connectivity index (χ0) is 9.40.